The molecule has 0 heterocycles. The summed E-state index contributed by atoms with van der Waals surface area (Å²) in [4.78, 5) is 13.7. The molecule has 0 saturated heterocycles. The second kappa shape index (κ2) is 6.55. The molecule has 2 aromatic carbocycles. The minimum Gasteiger partial charge on any atom is -0.331 e. The van der Waals surface area contributed by atoms with E-state index in [4.69, 9.17) is 0 Å². The van der Waals surface area contributed by atoms with E-state index >= 15 is 0 Å². The van der Waals surface area contributed by atoms with Crippen molar-refractivity contribution in [2.75, 3.05) is 0 Å². The van der Waals surface area contributed by atoms with Crippen LogP contribution in [-0.4, -0.2) is 10.8 Å². The summed E-state index contributed by atoms with van der Waals surface area (Å²) in [5, 5.41) is 0. The quantitative estimate of drug-likeness (QED) is 0.746. The highest BCUT2D eigenvalue weighted by atomic mass is 16.2. The SMILES string of the molecule is C=CC(=O)N(Cc1ccccc1)Cc1ccccc1. The number of benzene rings is 2. The van der Waals surface area contributed by atoms with Crippen molar-refractivity contribution in [2.45, 2.75) is 13.1 Å². The molecule has 0 aromatic heterocycles. The molecule has 1 amide bonds. The molecule has 0 aliphatic heterocycles. The van der Waals surface area contributed by atoms with Crippen LogP contribution in [0.4, 0.5) is 0 Å². The average molecular weight is 251 g/mol. The highest BCUT2D eigenvalue weighted by Gasteiger charge is 2.11. The van der Waals surface area contributed by atoms with Gasteiger partial charge in [0.25, 0.3) is 0 Å². The second-order valence-electron chi connectivity index (χ2n) is 4.37. The Labute approximate surface area is 114 Å². The lowest BCUT2D eigenvalue weighted by molar-refractivity contribution is -0.127. The molecule has 96 valence electrons. The maximum Gasteiger partial charge on any atom is 0.246 e. The zero-order valence-corrected chi connectivity index (χ0v) is 10.8. The Kier molecular flexibility index (Phi) is 4.51. The summed E-state index contributed by atoms with van der Waals surface area (Å²) in [5.41, 5.74) is 2.24. The van der Waals surface area contributed by atoms with E-state index in [1.807, 2.05) is 60.7 Å². The van der Waals surface area contributed by atoms with Crippen LogP contribution >= 0.6 is 0 Å². The van der Waals surface area contributed by atoms with Gasteiger partial charge in [-0.1, -0.05) is 67.2 Å². The third-order valence-electron chi connectivity index (χ3n) is 2.92. The van der Waals surface area contributed by atoms with E-state index in [0.717, 1.165) is 11.1 Å². The molecule has 0 aliphatic rings. The van der Waals surface area contributed by atoms with Gasteiger partial charge >= 0.3 is 0 Å². The smallest absolute Gasteiger partial charge is 0.246 e. The van der Waals surface area contributed by atoms with Gasteiger partial charge in [-0.25, -0.2) is 0 Å². The van der Waals surface area contributed by atoms with Gasteiger partial charge in [0.1, 0.15) is 0 Å². The van der Waals surface area contributed by atoms with Crippen LogP contribution in [0, 0.1) is 0 Å². The van der Waals surface area contributed by atoms with Crippen molar-refractivity contribution in [3.05, 3.63) is 84.4 Å². The van der Waals surface area contributed by atoms with E-state index in [-0.39, 0.29) is 5.91 Å². The van der Waals surface area contributed by atoms with E-state index < -0.39 is 0 Å². The Balaban J connectivity index is 2.13. The lowest BCUT2D eigenvalue weighted by atomic mass is 10.1. The fourth-order valence-electron chi connectivity index (χ4n) is 1.95. The van der Waals surface area contributed by atoms with Gasteiger partial charge in [-0.05, 0) is 17.2 Å². The summed E-state index contributed by atoms with van der Waals surface area (Å²) in [6, 6.07) is 20.0. The number of hydrogen-bond donors (Lipinski definition) is 0. The van der Waals surface area contributed by atoms with Crippen molar-refractivity contribution >= 4 is 5.91 Å². The first-order valence-electron chi connectivity index (χ1n) is 6.29. The van der Waals surface area contributed by atoms with E-state index in [1.54, 1.807) is 4.90 Å². The molecule has 2 rings (SSSR count). The highest BCUT2D eigenvalue weighted by molar-refractivity contribution is 5.86. The lowest BCUT2D eigenvalue weighted by Crippen LogP contribution is -2.28. The molecular weight excluding hydrogens is 234 g/mol. The van der Waals surface area contributed by atoms with Gasteiger partial charge in [0, 0.05) is 13.1 Å². The number of rotatable bonds is 5. The molecule has 0 saturated carbocycles. The molecule has 0 atom stereocenters. The molecule has 0 spiro atoms. The average Bonchev–Trinajstić information content (AvgIpc) is 2.48. The molecule has 2 aromatic rings. The largest absolute Gasteiger partial charge is 0.331 e. The van der Waals surface area contributed by atoms with E-state index in [1.165, 1.54) is 6.08 Å². The zero-order chi connectivity index (χ0) is 13.5. The van der Waals surface area contributed by atoms with Crippen LogP contribution in [-0.2, 0) is 17.9 Å². The van der Waals surface area contributed by atoms with E-state index in [9.17, 15) is 4.79 Å². The van der Waals surface area contributed by atoms with Gasteiger partial charge in [-0.15, -0.1) is 0 Å². The standard InChI is InChI=1S/C17H17NO/c1-2-17(19)18(13-15-9-5-3-6-10-15)14-16-11-7-4-8-12-16/h2-12H,1,13-14H2. The third kappa shape index (κ3) is 3.81. The van der Waals surface area contributed by atoms with Crippen molar-refractivity contribution in [1.29, 1.82) is 0 Å². The van der Waals surface area contributed by atoms with Gasteiger partial charge in [-0.3, -0.25) is 4.79 Å². The normalized spacial score (nSPS) is 9.89. The molecular formula is C17H17NO. The van der Waals surface area contributed by atoms with Crippen molar-refractivity contribution in [3.63, 3.8) is 0 Å². The van der Waals surface area contributed by atoms with Gasteiger partial charge in [0.05, 0.1) is 0 Å². The zero-order valence-electron chi connectivity index (χ0n) is 10.8. The topological polar surface area (TPSA) is 20.3 Å². The number of amides is 1. The Morgan fingerprint density at radius 1 is 0.895 bits per heavy atom. The molecule has 0 bridgehead atoms. The lowest BCUT2D eigenvalue weighted by Gasteiger charge is -2.21. The maximum atomic E-state index is 11.9. The molecule has 0 N–H and O–H groups in total. The summed E-state index contributed by atoms with van der Waals surface area (Å²) in [6.07, 6.45) is 1.37. The summed E-state index contributed by atoms with van der Waals surface area (Å²) in [5.74, 6) is -0.0484. The first-order chi connectivity index (χ1) is 9.29. The monoisotopic (exact) mass is 251 g/mol. The van der Waals surface area contributed by atoms with Gasteiger partial charge < -0.3 is 4.90 Å². The predicted molar refractivity (Wildman–Crippen MR) is 77.3 cm³/mol. The molecule has 19 heavy (non-hydrogen) atoms. The van der Waals surface area contributed by atoms with E-state index in [2.05, 4.69) is 6.58 Å². The van der Waals surface area contributed by atoms with Gasteiger partial charge in [0.15, 0.2) is 0 Å². The Morgan fingerprint density at radius 2 is 1.32 bits per heavy atom. The van der Waals surface area contributed by atoms with Gasteiger partial charge in [-0.2, -0.15) is 0 Å². The van der Waals surface area contributed by atoms with Crippen LogP contribution < -0.4 is 0 Å². The van der Waals surface area contributed by atoms with Crippen molar-refractivity contribution in [3.8, 4) is 0 Å². The molecule has 0 unspecified atom stereocenters. The second-order valence-corrected chi connectivity index (χ2v) is 4.37. The van der Waals surface area contributed by atoms with Crippen LogP contribution in [0.5, 0.6) is 0 Å². The predicted octanol–water partition coefficient (Wildman–Crippen LogP) is 3.40. The van der Waals surface area contributed by atoms with Crippen LogP contribution in [0.15, 0.2) is 73.3 Å². The molecule has 0 radical (unpaired) electrons. The molecule has 0 fully saturated rings. The van der Waals surface area contributed by atoms with Crippen LogP contribution in [0.1, 0.15) is 11.1 Å². The van der Waals surface area contributed by atoms with Gasteiger partial charge in [0.2, 0.25) is 5.91 Å². The minimum absolute atomic E-state index is 0.0484. The fourth-order valence-corrected chi connectivity index (χ4v) is 1.95. The van der Waals surface area contributed by atoms with Crippen LogP contribution in [0.2, 0.25) is 0 Å². The van der Waals surface area contributed by atoms with E-state index in [0.29, 0.717) is 13.1 Å². The van der Waals surface area contributed by atoms with Crippen molar-refractivity contribution < 1.29 is 4.79 Å². The van der Waals surface area contributed by atoms with Crippen molar-refractivity contribution in [2.24, 2.45) is 0 Å². The first-order valence-corrected chi connectivity index (χ1v) is 6.29. The number of hydrogen-bond acceptors (Lipinski definition) is 1. The summed E-state index contributed by atoms with van der Waals surface area (Å²) in [6.45, 7) is 4.77. The summed E-state index contributed by atoms with van der Waals surface area (Å²) >= 11 is 0. The van der Waals surface area contributed by atoms with Crippen molar-refractivity contribution in [1.82, 2.24) is 4.90 Å². The fraction of sp³-hybridized carbons (Fsp3) is 0.118. The Bertz CT molecular complexity index is 492. The molecule has 0 aliphatic carbocycles. The number of nitrogens with zero attached hydrogens (tertiary/aromatic N) is 1. The summed E-state index contributed by atoms with van der Waals surface area (Å²) in [7, 11) is 0. The van der Waals surface area contributed by atoms with Crippen LogP contribution in [0.25, 0.3) is 0 Å². The summed E-state index contributed by atoms with van der Waals surface area (Å²) < 4.78 is 0. The Hall–Kier alpha value is -2.35. The van der Waals surface area contributed by atoms with Crippen LogP contribution in [0.3, 0.4) is 0 Å². The Morgan fingerprint density at radius 3 is 1.68 bits per heavy atom. The highest BCUT2D eigenvalue weighted by Crippen LogP contribution is 2.10. The first kappa shape index (κ1) is 13.1. The number of carbonyl (C=O) groups is 1. The molecule has 2 heteroatoms. The maximum absolute atomic E-state index is 11.9. The molecule has 2 nitrogen and oxygen atoms in total. The third-order valence-corrected chi connectivity index (χ3v) is 2.92. The number of carbonyl (C=O) groups excluding carboxylic acids is 1. The minimum atomic E-state index is -0.0484.